The highest BCUT2D eigenvalue weighted by Gasteiger charge is 2.68. The third-order valence-electron chi connectivity index (χ3n) is 4.10. The number of aldehydes is 1. The maximum atomic E-state index is 13.2. The van der Waals surface area contributed by atoms with Crippen LogP contribution in [0.25, 0.3) is 0 Å². The Balaban J connectivity index is 1.42. The Morgan fingerprint density at radius 3 is 2.20 bits per heavy atom. The fraction of sp³-hybridized carbons (Fsp3) is 0.923. The largest absolute Gasteiger partial charge is 0.303 e. The van der Waals surface area contributed by atoms with Gasteiger partial charge in [-0.25, -0.2) is 4.39 Å². The van der Waals surface area contributed by atoms with Crippen LogP contribution in [-0.2, 0) is 4.79 Å². The molecule has 2 heteroatoms. The van der Waals surface area contributed by atoms with Crippen molar-refractivity contribution in [2.24, 2.45) is 5.41 Å². The molecule has 3 fully saturated rings. The molecule has 15 heavy (non-hydrogen) atoms. The van der Waals surface area contributed by atoms with Gasteiger partial charge in [-0.15, -0.1) is 0 Å². The minimum Gasteiger partial charge on any atom is -0.303 e. The number of alkyl halides is 1. The van der Waals surface area contributed by atoms with Gasteiger partial charge in [0.05, 0.1) is 0 Å². The van der Waals surface area contributed by atoms with E-state index in [9.17, 15) is 9.18 Å². The quantitative estimate of drug-likeness (QED) is 0.441. The predicted octanol–water partition coefficient (Wildman–Crippen LogP) is 3.81. The molecular formula is C13H21FO. The van der Waals surface area contributed by atoms with Gasteiger partial charge in [0.1, 0.15) is 12.0 Å². The van der Waals surface area contributed by atoms with Crippen molar-refractivity contribution in [2.75, 3.05) is 0 Å². The van der Waals surface area contributed by atoms with Crippen LogP contribution < -0.4 is 0 Å². The van der Waals surface area contributed by atoms with Gasteiger partial charge >= 0.3 is 0 Å². The van der Waals surface area contributed by atoms with E-state index < -0.39 is 5.67 Å². The summed E-state index contributed by atoms with van der Waals surface area (Å²) in [4.78, 5) is 10.1. The summed E-state index contributed by atoms with van der Waals surface area (Å²) in [7, 11) is 0. The smallest absolute Gasteiger partial charge is 0.119 e. The number of carbonyl (C=O) groups excluding carboxylic acids is 1. The lowest BCUT2D eigenvalue weighted by atomic mass is 9.41. The fourth-order valence-electron chi connectivity index (χ4n) is 3.38. The summed E-state index contributed by atoms with van der Waals surface area (Å²) in [5.41, 5.74) is -0.276. The third kappa shape index (κ3) is 2.40. The first-order valence-electron chi connectivity index (χ1n) is 6.31. The maximum Gasteiger partial charge on any atom is 0.119 e. The first-order chi connectivity index (χ1) is 7.18. The van der Waals surface area contributed by atoms with E-state index >= 15 is 0 Å². The van der Waals surface area contributed by atoms with Gasteiger partial charge in [0.2, 0.25) is 0 Å². The van der Waals surface area contributed by atoms with Crippen molar-refractivity contribution >= 4 is 6.29 Å². The Bertz CT molecular complexity index is 217. The summed E-state index contributed by atoms with van der Waals surface area (Å²) in [6.45, 7) is 0. The third-order valence-corrected chi connectivity index (χ3v) is 4.10. The van der Waals surface area contributed by atoms with Crippen molar-refractivity contribution in [3.8, 4) is 0 Å². The summed E-state index contributed by atoms with van der Waals surface area (Å²) in [6, 6.07) is 0. The summed E-state index contributed by atoms with van der Waals surface area (Å²) in [5, 5.41) is 0. The highest BCUT2D eigenvalue weighted by molar-refractivity contribution is 5.48. The Hall–Kier alpha value is -0.400. The fourth-order valence-corrected chi connectivity index (χ4v) is 3.38. The zero-order valence-corrected chi connectivity index (χ0v) is 9.43. The van der Waals surface area contributed by atoms with E-state index in [-0.39, 0.29) is 0 Å². The van der Waals surface area contributed by atoms with Gasteiger partial charge in [-0.2, -0.15) is 0 Å². The van der Waals surface area contributed by atoms with Crippen LogP contribution in [0, 0.1) is 5.41 Å². The number of carbonyl (C=O) groups is 1. The maximum absolute atomic E-state index is 13.2. The lowest BCUT2D eigenvalue weighted by Crippen LogP contribution is -2.64. The van der Waals surface area contributed by atoms with Gasteiger partial charge in [-0.1, -0.05) is 25.7 Å². The number of halogens is 1. The molecule has 0 radical (unpaired) electrons. The van der Waals surface area contributed by atoms with E-state index in [0.717, 1.165) is 32.0 Å². The Morgan fingerprint density at radius 1 is 1.00 bits per heavy atom. The molecule has 0 amide bonds. The standard InChI is InChI=1S/C13H21FO/c14-13-9-12(10-13,11-13)7-5-3-1-2-4-6-8-15/h8H,1-7,9-11H2. The van der Waals surface area contributed by atoms with Crippen LogP contribution in [0.15, 0.2) is 0 Å². The van der Waals surface area contributed by atoms with Crippen LogP contribution in [0.1, 0.15) is 64.2 Å². The molecule has 0 heterocycles. The monoisotopic (exact) mass is 212 g/mol. The van der Waals surface area contributed by atoms with E-state index in [1.807, 2.05) is 0 Å². The van der Waals surface area contributed by atoms with Gasteiger partial charge in [-0.3, -0.25) is 0 Å². The second-order valence-corrected chi connectivity index (χ2v) is 5.65. The molecule has 0 aromatic rings. The van der Waals surface area contributed by atoms with Crippen molar-refractivity contribution < 1.29 is 9.18 Å². The number of hydrogen-bond acceptors (Lipinski definition) is 1. The summed E-state index contributed by atoms with van der Waals surface area (Å²) in [6.07, 6.45) is 11.5. The normalized spacial score (nSPS) is 36.9. The van der Waals surface area contributed by atoms with Crippen LogP contribution in [-0.4, -0.2) is 12.0 Å². The molecule has 3 aliphatic carbocycles. The van der Waals surface area contributed by atoms with Gasteiger partial charge < -0.3 is 4.79 Å². The first kappa shape index (κ1) is 11.1. The molecule has 3 rings (SSSR count). The molecule has 0 aromatic heterocycles. The Labute approximate surface area is 91.4 Å². The van der Waals surface area contributed by atoms with Gasteiger partial charge in [0, 0.05) is 6.42 Å². The molecule has 3 aliphatic rings. The topological polar surface area (TPSA) is 17.1 Å². The van der Waals surface area contributed by atoms with Crippen LogP contribution in [0.3, 0.4) is 0 Å². The minimum absolute atomic E-state index is 0.442. The second-order valence-electron chi connectivity index (χ2n) is 5.65. The van der Waals surface area contributed by atoms with E-state index in [2.05, 4.69) is 0 Å². The highest BCUT2D eigenvalue weighted by Crippen LogP contribution is 2.71. The average molecular weight is 212 g/mol. The molecular weight excluding hydrogens is 191 g/mol. The van der Waals surface area contributed by atoms with Crippen molar-refractivity contribution in [1.82, 2.24) is 0 Å². The molecule has 0 saturated heterocycles. The zero-order chi connectivity index (χ0) is 10.8. The van der Waals surface area contributed by atoms with E-state index in [1.54, 1.807) is 0 Å². The Kier molecular flexibility index (Phi) is 3.13. The molecule has 0 aliphatic heterocycles. The van der Waals surface area contributed by atoms with Crippen molar-refractivity contribution in [3.05, 3.63) is 0 Å². The van der Waals surface area contributed by atoms with Crippen molar-refractivity contribution in [3.63, 3.8) is 0 Å². The number of hydrogen-bond donors (Lipinski definition) is 0. The van der Waals surface area contributed by atoms with Crippen LogP contribution in [0.4, 0.5) is 4.39 Å². The van der Waals surface area contributed by atoms with E-state index in [4.69, 9.17) is 0 Å². The average Bonchev–Trinajstić information content (AvgIpc) is 2.11. The molecule has 86 valence electrons. The molecule has 0 aromatic carbocycles. The number of unbranched alkanes of at least 4 members (excludes halogenated alkanes) is 5. The van der Waals surface area contributed by atoms with Gasteiger partial charge in [0.15, 0.2) is 0 Å². The molecule has 2 bridgehead atoms. The second kappa shape index (κ2) is 4.23. The van der Waals surface area contributed by atoms with Crippen molar-refractivity contribution in [1.29, 1.82) is 0 Å². The highest BCUT2D eigenvalue weighted by atomic mass is 19.1. The van der Waals surface area contributed by atoms with Crippen LogP contribution in [0.5, 0.6) is 0 Å². The predicted molar refractivity (Wildman–Crippen MR) is 58.5 cm³/mol. The van der Waals surface area contributed by atoms with E-state index in [0.29, 0.717) is 11.8 Å². The first-order valence-corrected chi connectivity index (χ1v) is 6.31. The van der Waals surface area contributed by atoms with Gasteiger partial charge in [0.25, 0.3) is 0 Å². The molecule has 0 atom stereocenters. The summed E-state index contributed by atoms with van der Waals surface area (Å²) < 4.78 is 13.2. The zero-order valence-electron chi connectivity index (χ0n) is 9.43. The lowest BCUT2D eigenvalue weighted by Gasteiger charge is -2.66. The summed E-state index contributed by atoms with van der Waals surface area (Å²) >= 11 is 0. The minimum atomic E-state index is -0.718. The summed E-state index contributed by atoms with van der Waals surface area (Å²) in [5.74, 6) is 0. The Morgan fingerprint density at radius 2 is 1.60 bits per heavy atom. The van der Waals surface area contributed by atoms with Gasteiger partial charge in [-0.05, 0) is 37.5 Å². The number of rotatable bonds is 8. The molecule has 0 spiro atoms. The van der Waals surface area contributed by atoms with Crippen molar-refractivity contribution in [2.45, 2.75) is 69.9 Å². The molecule has 0 N–H and O–H groups in total. The lowest BCUT2D eigenvalue weighted by molar-refractivity contribution is -0.217. The SMILES string of the molecule is O=CCCCCCCCC12CC(F)(C1)C2. The molecule has 0 unspecified atom stereocenters. The molecule has 1 nitrogen and oxygen atoms in total. The molecule has 3 saturated carbocycles. The van der Waals surface area contributed by atoms with Crippen LogP contribution >= 0.6 is 0 Å². The van der Waals surface area contributed by atoms with Crippen LogP contribution in [0.2, 0.25) is 0 Å². The van der Waals surface area contributed by atoms with E-state index in [1.165, 1.54) is 32.1 Å².